The molecule has 0 spiro atoms. The average Bonchev–Trinajstić information content (AvgIpc) is 2.54. The van der Waals surface area contributed by atoms with E-state index in [-0.39, 0.29) is 24.1 Å². The van der Waals surface area contributed by atoms with E-state index in [1.807, 2.05) is 0 Å². The number of ketones is 2. The quantitative estimate of drug-likeness (QED) is 0.520. The molecular formula is C17H16N2O4. The lowest BCUT2D eigenvalue weighted by atomic mass is 9.90. The van der Waals surface area contributed by atoms with Crippen LogP contribution in [-0.2, 0) is 16.1 Å². The van der Waals surface area contributed by atoms with Gasteiger partial charge in [-0.1, -0.05) is 12.1 Å². The lowest BCUT2D eigenvalue weighted by molar-refractivity contribution is -0.123. The van der Waals surface area contributed by atoms with Gasteiger partial charge in [-0.05, 0) is 25.5 Å². The van der Waals surface area contributed by atoms with Crippen LogP contribution in [0.15, 0.2) is 34.6 Å². The lowest BCUT2D eigenvalue weighted by Crippen LogP contribution is -2.27. The third-order valence-corrected chi connectivity index (χ3v) is 4.00. The molecule has 1 aromatic carbocycles. The molecule has 1 heterocycles. The van der Waals surface area contributed by atoms with Crippen molar-refractivity contribution in [1.82, 2.24) is 9.55 Å². The number of nitrogens with zero attached hydrogens (tertiary/aromatic N) is 2. The summed E-state index contributed by atoms with van der Waals surface area (Å²) in [7, 11) is 0. The van der Waals surface area contributed by atoms with Crippen molar-refractivity contribution in [2.24, 2.45) is 0 Å². The summed E-state index contributed by atoms with van der Waals surface area (Å²) in [5, 5.41) is 10.4. The molecule has 23 heavy (non-hydrogen) atoms. The van der Waals surface area contributed by atoms with Gasteiger partial charge in [0.05, 0.1) is 11.0 Å². The number of aliphatic hydroxyl groups excluding tert-OH is 1. The van der Waals surface area contributed by atoms with Crippen LogP contribution in [0.3, 0.4) is 0 Å². The number of Topliss-reactive ketones (excluding diaryl/α,β-unsaturated/α-hetero) is 2. The smallest absolute Gasteiger partial charge is 0.280 e. The fourth-order valence-electron chi connectivity index (χ4n) is 2.86. The summed E-state index contributed by atoms with van der Waals surface area (Å²) in [6.07, 6.45) is 0.861. The Labute approximate surface area is 132 Å². The van der Waals surface area contributed by atoms with Crippen molar-refractivity contribution in [3.63, 3.8) is 0 Å². The van der Waals surface area contributed by atoms with Crippen molar-refractivity contribution in [1.29, 1.82) is 0 Å². The first-order chi connectivity index (χ1) is 11.0. The van der Waals surface area contributed by atoms with Gasteiger partial charge in [-0.15, -0.1) is 0 Å². The summed E-state index contributed by atoms with van der Waals surface area (Å²) >= 11 is 0. The topological polar surface area (TPSA) is 89.3 Å². The molecule has 0 amide bonds. The Kier molecular flexibility index (Phi) is 3.82. The highest BCUT2D eigenvalue weighted by molar-refractivity contribution is 6.25. The number of benzene rings is 1. The Morgan fingerprint density at radius 2 is 1.83 bits per heavy atom. The van der Waals surface area contributed by atoms with E-state index in [9.17, 15) is 19.5 Å². The Morgan fingerprint density at radius 3 is 2.48 bits per heavy atom. The fourth-order valence-corrected chi connectivity index (χ4v) is 2.86. The number of aliphatic hydroxyl groups is 1. The van der Waals surface area contributed by atoms with Crippen molar-refractivity contribution in [2.75, 3.05) is 0 Å². The number of rotatable bonds is 2. The van der Waals surface area contributed by atoms with Crippen LogP contribution in [0.1, 0.15) is 31.9 Å². The first kappa shape index (κ1) is 15.1. The normalized spacial score (nSPS) is 15.3. The molecular weight excluding hydrogens is 296 g/mol. The molecule has 1 aliphatic rings. The second kappa shape index (κ2) is 5.79. The maximum absolute atomic E-state index is 12.6. The predicted octanol–water partition coefficient (Wildman–Crippen LogP) is 2.01. The second-order valence-electron chi connectivity index (χ2n) is 5.42. The van der Waals surface area contributed by atoms with E-state index in [1.165, 1.54) is 4.57 Å². The summed E-state index contributed by atoms with van der Waals surface area (Å²) in [5.74, 6) is -1.47. The number of aryl methyl sites for hydroxylation is 1. The molecule has 1 aliphatic carbocycles. The zero-order chi connectivity index (χ0) is 16.6. The van der Waals surface area contributed by atoms with Crippen LogP contribution in [-0.4, -0.2) is 26.2 Å². The van der Waals surface area contributed by atoms with Gasteiger partial charge in [0.25, 0.3) is 5.56 Å². The lowest BCUT2D eigenvalue weighted by Gasteiger charge is -2.14. The van der Waals surface area contributed by atoms with E-state index < -0.39 is 22.9 Å². The highest BCUT2D eigenvalue weighted by Crippen LogP contribution is 2.23. The molecule has 1 fully saturated rings. The molecule has 0 bridgehead atoms. The molecule has 1 N–H and O–H groups in total. The van der Waals surface area contributed by atoms with Crippen molar-refractivity contribution in [2.45, 2.75) is 32.7 Å². The molecule has 118 valence electrons. The average molecular weight is 312 g/mol. The minimum Gasteiger partial charge on any atom is -0.505 e. The Morgan fingerprint density at radius 1 is 1.17 bits per heavy atom. The number of para-hydroxylation sites is 2. The maximum Gasteiger partial charge on any atom is 0.280 e. The molecule has 1 aromatic heterocycles. The van der Waals surface area contributed by atoms with Crippen molar-refractivity contribution >= 4 is 28.4 Å². The molecule has 0 radical (unpaired) electrons. The number of fused-ring (bicyclic) bond motifs is 1. The molecule has 2 aromatic rings. The van der Waals surface area contributed by atoms with Gasteiger partial charge in [-0.2, -0.15) is 0 Å². The SMILES string of the molecule is CCn1c(=O)c(C(O)=C2C(=O)CCCC2=O)nc2ccccc21. The van der Waals surface area contributed by atoms with Gasteiger partial charge >= 0.3 is 0 Å². The van der Waals surface area contributed by atoms with Crippen LogP contribution in [0, 0.1) is 0 Å². The maximum atomic E-state index is 12.6. The van der Waals surface area contributed by atoms with Crippen LogP contribution < -0.4 is 5.56 Å². The minimum atomic E-state index is -0.599. The van der Waals surface area contributed by atoms with Gasteiger partial charge in [-0.25, -0.2) is 4.98 Å². The predicted molar refractivity (Wildman–Crippen MR) is 85.1 cm³/mol. The van der Waals surface area contributed by atoms with E-state index >= 15 is 0 Å². The Hall–Kier alpha value is -2.76. The first-order valence-corrected chi connectivity index (χ1v) is 7.54. The summed E-state index contributed by atoms with van der Waals surface area (Å²) in [6, 6.07) is 7.04. The van der Waals surface area contributed by atoms with Crippen molar-refractivity contribution < 1.29 is 14.7 Å². The Balaban J connectivity index is 2.32. The third-order valence-electron chi connectivity index (χ3n) is 4.00. The van der Waals surface area contributed by atoms with Crippen LogP contribution in [0.4, 0.5) is 0 Å². The summed E-state index contributed by atoms with van der Waals surface area (Å²) in [5.41, 5.74) is 0.111. The first-order valence-electron chi connectivity index (χ1n) is 7.54. The van der Waals surface area contributed by atoms with Gasteiger partial charge in [0.2, 0.25) is 0 Å². The molecule has 0 atom stereocenters. The highest BCUT2D eigenvalue weighted by atomic mass is 16.3. The summed E-state index contributed by atoms with van der Waals surface area (Å²) in [6.45, 7) is 2.19. The van der Waals surface area contributed by atoms with Crippen LogP contribution >= 0.6 is 0 Å². The number of allylic oxidation sites excluding steroid dienone is 1. The monoisotopic (exact) mass is 312 g/mol. The fraction of sp³-hybridized carbons (Fsp3) is 0.294. The standard InChI is InChI=1S/C17H16N2O4/c1-2-19-11-7-4-3-6-10(11)18-15(17(19)23)16(22)14-12(20)8-5-9-13(14)21/h3-4,6-7,22H,2,5,8-9H2,1H3. The number of carbonyl (C=O) groups is 2. The largest absolute Gasteiger partial charge is 0.505 e. The molecule has 1 saturated carbocycles. The van der Waals surface area contributed by atoms with E-state index in [1.54, 1.807) is 31.2 Å². The minimum absolute atomic E-state index is 0.195. The van der Waals surface area contributed by atoms with E-state index in [0.29, 0.717) is 24.0 Å². The van der Waals surface area contributed by atoms with Crippen LogP contribution in [0.2, 0.25) is 0 Å². The Bertz CT molecular complexity index is 890. The van der Waals surface area contributed by atoms with Gasteiger partial charge < -0.3 is 9.67 Å². The number of hydrogen-bond donors (Lipinski definition) is 1. The zero-order valence-corrected chi connectivity index (χ0v) is 12.7. The van der Waals surface area contributed by atoms with Gasteiger partial charge in [0.1, 0.15) is 5.57 Å². The molecule has 0 unspecified atom stereocenters. The molecule has 0 saturated heterocycles. The molecule has 6 heteroatoms. The molecule has 3 rings (SSSR count). The second-order valence-corrected chi connectivity index (χ2v) is 5.42. The number of aromatic nitrogens is 2. The number of carbonyl (C=O) groups excluding carboxylic acids is 2. The van der Waals surface area contributed by atoms with E-state index in [2.05, 4.69) is 4.98 Å². The van der Waals surface area contributed by atoms with Crippen molar-refractivity contribution in [3.8, 4) is 0 Å². The van der Waals surface area contributed by atoms with Crippen LogP contribution in [0.5, 0.6) is 0 Å². The van der Waals surface area contributed by atoms with Gasteiger partial charge in [0, 0.05) is 19.4 Å². The van der Waals surface area contributed by atoms with Crippen LogP contribution in [0.25, 0.3) is 16.8 Å². The van der Waals surface area contributed by atoms with Gasteiger partial charge in [-0.3, -0.25) is 14.4 Å². The molecule has 6 nitrogen and oxygen atoms in total. The highest BCUT2D eigenvalue weighted by Gasteiger charge is 2.29. The van der Waals surface area contributed by atoms with E-state index in [4.69, 9.17) is 0 Å². The summed E-state index contributed by atoms with van der Waals surface area (Å²) < 4.78 is 1.46. The van der Waals surface area contributed by atoms with Crippen molar-refractivity contribution in [3.05, 3.63) is 45.9 Å². The zero-order valence-electron chi connectivity index (χ0n) is 12.7. The summed E-state index contributed by atoms with van der Waals surface area (Å²) in [4.78, 5) is 40.7. The molecule has 0 aliphatic heterocycles. The third kappa shape index (κ3) is 2.46. The van der Waals surface area contributed by atoms with Gasteiger partial charge in [0.15, 0.2) is 23.0 Å². The number of hydrogen-bond acceptors (Lipinski definition) is 5. The van der Waals surface area contributed by atoms with E-state index in [0.717, 1.165) is 0 Å².